The van der Waals surface area contributed by atoms with Crippen LogP contribution in [0.2, 0.25) is 0 Å². The molecular weight excluding hydrogens is 292 g/mol. The average Bonchev–Trinajstić information content (AvgIpc) is 2.82. The summed E-state index contributed by atoms with van der Waals surface area (Å²) < 4.78 is 25.2. The Labute approximate surface area is 123 Å². The fraction of sp³-hybridized carbons (Fsp3) is 0.385. The number of fused-ring (bicyclic) bond motifs is 1. The van der Waals surface area contributed by atoms with Crippen LogP contribution in [0.3, 0.4) is 0 Å². The van der Waals surface area contributed by atoms with Crippen LogP contribution in [0.4, 0.5) is 0 Å². The van der Waals surface area contributed by atoms with E-state index in [1.807, 2.05) is 24.3 Å². The molecule has 114 valence electrons. The Bertz CT molecular complexity index is 765. The molecule has 0 saturated heterocycles. The number of benzene rings is 1. The van der Waals surface area contributed by atoms with Crippen molar-refractivity contribution in [1.82, 2.24) is 9.55 Å². The van der Waals surface area contributed by atoms with Crippen molar-refractivity contribution in [2.75, 3.05) is 11.5 Å². The summed E-state index contributed by atoms with van der Waals surface area (Å²) in [4.78, 5) is 4.42. The molecule has 0 atom stereocenters. The smallest absolute Gasteiger partial charge is 0.151 e. The summed E-state index contributed by atoms with van der Waals surface area (Å²) in [5, 5.41) is 11.6. The van der Waals surface area contributed by atoms with Crippen molar-refractivity contribution < 1.29 is 13.6 Å². The SMILES string of the molecule is CCS(=O)(=O)CCn1c(CC(N)=NO)nc2ccccc21. The molecule has 0 unspecified atom stereocenters. The molecule has 0 bridgehead atoms. The van der Waals surface area contributed by atoms with E-state index in [1.54, 1.807) is 11.5 Å². The Morgan fingerprint density at radius 2 is 2.14 bits per heavy atom. The highest BCUT2D eigenvalue weighted by atomic mass is 32.2. The lowest BCUT2D eigenvalue weighted by Gasteiger charge is -2.08. The molecular formula is C13H18N4O3S. The Kier molecular flexibility index (Phi) is 4.46. The lowest BCUT2D eigenvalue weighted by Crippen LogP contribution is -2.20. The van der Waals surface area contributed by atoms with E-state index in [2.05, 4.69) is 10.1 Å². The van der Waals surface area contributed by atoms with Crippen LogP contribution in [0.15, 0.2) is 29.4 Å². The van der Waals surface area contributed by atoms with Crippen molar-refractivity contribution >= 4 is 26.7 Å². The predicted octanol–water partition coefficient (Wildman–Crippen LogP) is 0.760. The van der Waals surface area contributed by atoms with Gasteiger partial charge in [-0.3, -0.25) is 0 Å². The van der Waals surface area contributed by atoms with Gasteiger partial charge in [-0.1, -0.05) is 24.2 Å². The van der Waals surface area contributed by atoms with Crippen LogP contribution in [0.5, 0.6) is 0 Å². The molecule has 0 saturated carbocycles. The minimum absolute atomic E-state index is 0.0323. The zero-order chi connectivity index (χ0) is 15.5. The van der Waals surface area contributed by atoms with Gasteiger partial charge in [0.15, 0.2) is 9.84 Å². The molecule has 21 heavy (non-hydrogen) atoms. The predicted molar refractivity (Wildman–Crippen MR) is 81.2 cm³/mol. The normalized spacial score (nSPS) is 12.9. The molecule has 1 aromatic carbocycles. The van der Waals surface area contributed by atoms with Gasteiger partial charge in [0.2, 0.25) is 0 Å². The quantitative estimate of drug-likeness (QED) is 0.354. The molecule has 2 aromatic rings. The summed E-state index contributed by atoms with van der Waals surface area (Å²) in [6.07, 6.45) is 0.164. The molecule has 0 fully saturated rings. The lowest BCUT2D eigenvalue weighted by molar-refractivity contribution is 0.317. The first-order valence-corrected chi connectivity index (χ1v) is 8.40. The van der Waals surface area contributed by atoms with Gasteiger partial charge in [0.1, 0.15) is 11.7 Å². The number of rotatable bonds is 6. The Morgan fingerprint density at radius 3 is 2.81 bits per heavy atom. The van der Waals surface area contributed by atoms with Gasteiger partial charge < -0.3 is 15.5 Å². The zero-order valence-corrected chi connectivity index (χ0v) is 12.5. The third-order valence-corrected chi connectivity index (χ3v) is 4.95. The minimum atomic E-state index is -3.07. The van der Waals surface area contributed by atoms with E-state index < -0.39 is 9.84 Å². The number of para-hydroxylation sites is 2. The summed E-state index contributed by atoms with van der Waals surface area (Å²) in [5.74, 6) is 0.755. The number of nitrogens with two attached hydrogens (primary N) is 1. The van der Waals surface area contributed by atoms with E-state index in [-0.39, 0.29) is 23.8 Å². The maximum atomic E-state index is 11.7. The first-order valence-electron chi connectivity index (χ1n) is 6.58. The van der Waals surface area contributed by atoms with Crippen LogP contribution in [-0.4, -0.2) is 40.5 Å². The van der Waals surface area contributed by atoms with Gasteiger partial charge in [-0.2, -0.15) is 0 Å². The van der Waals surface area contributed by atoms with Gasteiger partial charge in [0.05, 0.1) is 23.2 Å². The highest BCUT2D eigenvalue weighted by Gasteiger charge is 2.15. The van der Waals surface area contributed by atoms with Crippen molar-refractivity contribution in [3.63, 3.8) is 0 Å². The summed E-state index contributed by atoms with van der Waals surface area (Å²) in [5.41, 5.74) is 7.13. The van der Waals surface area contributed by atoms with Crippen molar-refractivity contribution in [2.24, 2.45) is 10.9 Å². The Balaban J connectivity index is 2.40. The molecule has 1 heterocycles. The van der Waals surface area contributed by atoms with E-state index in [4.69, 9.17) is 10.9 Å². The maximum Gasteiger partial charge on any atom is 0.151 e. The van der Waals surface area contributed by atoms with Crippen molar-refractivity contribution in [3.8, 4) is 0 Å². The molecule has 8 heteroatoms. The van der Waals surface area contributed by atoms with Crippen molar-refractivity contribution in [3.05, 3.63) is 30.1 Å². The number of oxime groups is 1. The van der Waals surface area contributed by atoms with Gasteiger partial charge in [-0.25, -0.2) is 13.4 Å². The standard InChI is InChI=1S/C13H18N4O3S/c1-2-21(19,20)8-7-17-11-6-4-3-5-10(11)15-13(17)9-12(14)16-18/h3-6,18H,2,7-9H2,1H3,(H2,14,16). The number of hydrogen-bond donors (Lipinski definition) is 2. The van der Waals surface area contributed by atoms with Crippen LogP contribution in [0.1, 0.15) is 12.7 Å². The number of nitrogens with zero attached hydrogens (tertiary/aromatic N) is 3. The van der Waals surface area contributed by atoms with E-state index in [9.17, 15) is 8.42 Å². The lowest BCUT2D eigenvalue weighted by atomic mass is 10.3. The highest BCUT2D eigenvalue weighted by Crippen LogP contribution is 2.16. The number of amidine groups is 1. The number of aromatic nitrogens is 2. The highest BCUT2D eigenvalue weighted by molar-refractivity contribution is 7.91. The average molecular weight is 310 g/mol. The van der Waals surface area contributed by atoms with Crippen LogP contribution in [0.25, 0.3) is 11.0 Å². The van der Waals surface area contributed by atoms with E-state index in [1.165, 1.54) is 0 Å². The second-order valence-electron chi connectivity index (χ2n) is 4.67. The Morgan fingerprint density at radius 1 is 1.43 bits per heavy atom. The Hall–Kier alpha value is -2.09. The van der Waals surface area contributed by atoms with Gasteiger partial charge in [0.25, 0.3) is 0 Å². The molecule has 0 radical (unpaired) electrons. The van der Waals surface area contributed by atoms with Crippen LogP contribution in [-0.2, 0) is 22.8 Å². The maximum absolute atomic E-state index is 11.7. The van der Waals surface area contributed by atoms with E-state index >= 15 is 0 Å². The molecule has 0 aliphatic rings. The van der Waals surface area contributed by atoms with E-state index in [0.29, 0.717) is 12.4 Å². The second-order valence-corrected chi connectivity index (χ2v) is 7.15. The molecule has 3 N–H and O–H groups in total. The van der Waals surface area contributed by atoms with Gasteiger partial charge in [0, 0.05) is 12.3 Å². The molecule has 0 aliphatic heterocycles. The minimum Gasteiger partial charge on any atom is -0.409 e. The molecule has 0 spiro atoms. The molecule has 1 aromatic heterocycles. The van der Waals surface area contributed by atoms with Crippen molar-refractivity contribution in [1.29, 1.82) is 0 Å². The number of sulfone groups is 1. The molecule has 2 rings (SSSR count). The monoisotopic (exact) mass is 310 g/mol. The van der Waals surface area contributed by atoms with Gasteiger partial charge in [-0.15, -0.1) is 0 Å². The first kappa shape index (κ1) is 15.3. The van der Waals surface area contributed by atoms with Gasteiger partial charge in [-0.05, 0) is 12.1 Å². The number of hydrogen-bond acceptors (Lipinski definition) is 5. The molecule has 0 aliphatic carbocycles. The third kappa shape index (κ3) is 3.52. The molecule has 7 nitrogen and oxygen atoms in total. The number of imidazole rings is 1. The van der Waals surface area contributed by atoms with Crippen molar-refractivity contribution in [2.45, 2.75) is 19.9 Å². The zero-order valence-electron chi connectivity index (χ0n) is 11.7. The first-order chi connectivity index (χ1) is 9.96. The summed E-state index contributed by atoms with van der Waals surface area (Å²) in [6, 6.07) is 7.43. The van der Waals surface area contributed by atoms with Crippen LogP contribution in [0, 0.1) is 0 Å². The summed E-state index contributed by atoms with van der Waals surface area (Å²) in [7, 11) is -3.07. The topological polar surface area (TPSA) is 111 Å². The van der Waals surface area contributed by atoms with Crippen LogP contribution >= 0.6 is 0 Å². The number of aryl methyl sites for hydroxylation is 1. The van der Waals surface area contributed by atoms with Gasteiger partial charge >= 0.3 is 0 Å². The summed E-state index contributed by atoms with van der Waals surface area (Å²) >= 11 is 0. The fourth-order valence-corrected chi connectivity index (χ4v) is 2.83. The largest absolute Gasteiger partial charge is 0.409 e. The summed E-state index contributed by atoms with van der Waals surface area (Å²) in [6.45, 7) is 1.92. The molecule has 0 amide bonds. The fourth-order valence-electron chi connectivity index (χ4n) is 2.08. The third-order valence-electron chi connectivity index (χ3n) is 3.27. The van der Waals surface area contributed by atoms with Crippen LogP contribution < -0.4 is 5.73 Å². The van der Waals surface area contributed by atoms with E-state index in [0.717, 1.165) is 11.0 Å². The second kappa shape index (κ2) is 6.13.